The lowest BCUT2D eigenvalue weighted by atomic mass is 9.81. The zero-order valence-corrected chi connectivity index (χ0v) is 16.6. The van der Waals surface area contributed by atoms with E-state index in [0.29, 0.717) is 16.7 Å². The first kappa shape index (κ1) is 19.3. The zero-order valence-electron chi connectivity index (χ0n) is 15.6. The zero-order chi connectivity index (χ0) is 18.8. The molecule has 0 spiro atoms. The van der Waals surface area contributed by atoms with Gasteiger partial charge in [0.1, 0.15) is 0 Å². The fraction of sp³-hybridized carbons (Fsp3) is 0.450. The van der Waals surface area contributed by atoms with Gasteiger partial charge in [0.15, 0.2) is 11.5 Å². The third-order valence-corrected chi connectivity index (χ3v) is 6.27. The first-order valence-corrected chi connectivity index (χ1v) is 12.4. The van der Waals surface area contributed by atoms with Crippen molar-refractivity contribution in [2.24, 2.45) is 5.92 Å². The Morgan fingerprint density at radius 1 is 1.08 bits per heavy atom. The van der Waals surface area contributed by atoms with Crippen molar-refractivity contribution < 1.29 is 19.1 Å². The molecule has 4 nitrogen and oxygen atoms in total. The number of hydrogen-bond acceptors (Lipinski definition) is 4. The van der Waals surface area contributed by atoms with Gasteiger partial charge in [-0.25, -0.2) is 0 Å². The Morgan fingerprint density at radius 2 is 1.64 bits per heavy atom. The van der Waals surface area contributed by atoms with E-state index in [4.69, 9.17) is 4.74 Å². The smallest absolute Gasteiger partial charge is 0.308 e. The fourth-order valence-corrected chi connectivity index (χ4v) is 4.41. The van der Waals surface area contributed by atoms with E-state index in [1.807, 2.05) is 6.92 Å². The number of ether oxygens (including phenoxy) is 1. The highest BCUT2D eigenvalue weighted by Gasteiger charge is 2.36. The molecule has 5 heteroatoms. The Kier molecular flexibility index (Phi) is 5.78. The fourth-order valence-electron chi connectivity index (χ4n) is 3.15. The summed E-state index contributed by atoms with van der Waals surface area (Å²) >= 11 is 0. The Morgan fingerprint density at radius 3 is 2.16 bits per heavy atom. The van der Waals surface area contributed by atoms with Crippen LogP contribution in [0.5, 0.6) is 0 Å². The van der Waals surface area contributed by atoms with Crippen molar-refractivity contribution in [1.82, 2.24) is 0 Å². The second-order valence-corrected chi connectivity index (χ2v) is 13.5. The highest BCUT2D eigenvalue weighted by Crippen LogP contribution is 2.33. The van der Waals surface area contributed by atoms with Crippen LogP contribution in [0.15, 0.2) is 35.6 Å². The number of esters is 1. The Bertz CT molecular complexity index is 740. The normalized spacial score (nSPS) is 15.9. The number of benzene rings is 1. The SMILES string of the molecule is CC(=O)OC1=C(C(C)CCC[Si-](C)(C)C)C(=O)c2ccccc2C1=O. The number of hydrogen-bond donors (Lipinski definition) is 0. The van der Waals surface area contributed by atoms with Gasteiger partial charge in [0, 0.05) is 23.6 Å². The molecule has 25 heavy (non-hydrogen) atoms. The van der Waals surface area contributed by atoms with E-state index in [1.54, 1.807) is 24.3 Å². The molecule has 1 atom stereocenters. The lowest BCUT2D eigenvalue weighted by Gasteiger charge is -2.29. The standard InChI is InChI=1S/C20H26O4Si/c1-13(9-8-12-25(3,4)5)17-18(22)15-10-6-7-11-16(15)19(23)20(17)24-14(2)21/h6-7,10-11,13H,8-9,12H2,1-5H3/q-1. The number of carbonyl (C=O) groups is 3. The Hall–Kier alpha value is -2.01. The lowest BCUT2D eigenvalue weighted by Crippen LogP contribution is -2.28. The summed E-state index contributed by atoms with van der Waals surface area (Å²) < 4.78 is 5.19. The highest BCUT2D eigenvalue weighted by atomic mass is 28.3. The van der Waals surface area contributed by atoms with Crippen LogP contribution in [0.3, 0.4) is 0 Å². The molecule has 0 radical (unpaired) electrons. The molecule has 1 aliphatic rings. The van der Waals surface area contributed by atoms with Gasteiger partial charge in [-0.3, -0.25) is 14.4 Å². The first-order valence-electron chi connectivity index (χ1n) is 8.73. The maximum absolute atomic E-state index is 13.0. The average molecular weight is 359 g/mol. The molecule has 0 heterocycles. The number of fused-ring (bicyclic) bond motifs is 1. The van der Waals surface area contributed by atoms with Crippen LogP contribution in [-0.2, 0) is 9.53 Å². The summed E-state index contributed by atoms with van der Waals surface area (Å²) in [6.07, 6.45) is 1.79. The van der Waals surface area contributed by atoms with E-state index in [9.17, 15) is 14.4 Å². The average Bonchev–Trinajstić information content (AvgIpc) is 2.50. The third-order valence-electron chi connectivity index (χ3n) is 4.41. The molecule has 0 aromatic heterocycles. The minimum Gasteiger partial charge on any atom is -0.422 e. The Balaban J connectivity index is 2.37. The van der Waals surface area contributed by atoms with Gasteiger partial charge >= 0.3 is 5.97 Å². The predicted molar refractivity (Wildman–Crippen MR) is 100 cm³/mol. The van der Waals surface area contributed by atoms with Crippen LogP contribution in [0.25, 0.3) is 0 Å². The van der Waals surface area contributed by atoms with E-state index < -0.39 is 14.0 Å². The van der Waals surface area contributed by atoms with Crippen molar-refractivity contribution in [3.8, 4) is 0 Å². The van der Waals surface area contributed by atoms with Gasteiger partial charge in [0.2, 0.25) is 5.78 Å². The molecule has 1 aliphatic carbocycles. The maximum Gasteiger partial charge on any atom is 0.308 e. The maximum atomic E-state index is 13.0. The summed E-state index contributed by atoms with van der Waals surface area (Å²) in [6.45, 7) is 10.1. The largest absolute Gasteiger partial charge is 0.422 e. The van der Waals surface area contributed by atoms with Crippen LogP contribution in [0.2, 0.25) is 25.7 Å². The molecule has 1 unspecified atom stereocenters. The molecule has 0 fully saturated rings. The molecule has 0 saturated carbocycles. The van der Waals surface area contributed by atoms with Gasteiger partial charge in [-0.05, 0) is 12.3 Å². The summed E-state index contributed by atoms with van der Waals surface area (Å²) in [6, 6.07) is 7.87. The second-order valence-electron chi connectivity index (χ2n) is 7.89. The number of carbonyl (C=O) groups excluding carboxylic acids is 3. The summed E-state index contributed by atoms with van der Waals surface area (Å²) in [4.78, 5) is 37.2. The van der Waals surface area contributed by atoms with Gasteiger partial charge < -0.3 is 4.74 Å². The van der Waals surface area contributed by atoms with Crippen LogP contribution in [0, 0.1) is 5.92 Å². The molecule has 135 valence electrons. The van der Waals surface area contributed by atoms with Gasteiger partial charge in [-0.1, -0.05) is 37.6 Å². The summed E-state index contributed by atoms with van der Waals surface area (Å²) in [5.41, 5.74) is 1.05. The highest BCUT2D eigenvalue weighted by molar-refractivity contribution is 6.76. The minimum absolute atomic E-state index is 0.0864. The van der Waals surface area contributed by atoms with Gasteiger partial charge in [-0.2, -0.15) is 33.8 Å². The monoisotopic (exact) mass is 358 g/mol. The number of allylic oxidation sites excluding steroid dienone is 2. The van der Waals surface area contributed by atoms with Crippen LogP contribution in [0.4, 0.5) is 0 Å². The molecule has 0 bridgehead atoms. The molecular formula is C20H26O4Si-. The number of rotatable bonds is 6. The quantitative estimate of drug-likeness (QED) is 0.549. The molecule has 1 aromatic carbocycles. The van der Waals surface area contributed by atoms with Crippen molar-refractivity contribution in [1.29, 1.82) is 0 Å². The molecule has 2 rings (SSSR count). The van der Waals surface area contributed by atoms with E-state index in [-0.39, 0.29) is 23.2 Å². The summed E-state index contributed by atoms with van der Waals surface area (Å²) in [7, 11) is -1.16. The van der Waals surface area contributed by atoms with Crippen LogP contribution < -0.4 is 0 Å². The second kappa shape index (κ2) is 7.48. The van der Waals surface area contributed by atoms with Gasteiger partial charge in [-0.15, -0.1) is 0 Å². The third kappa shape index (κ3) is 4.54. The Labute approximate surface area is 150 Å². The first-order chi connectivity index (χ1) is 11.6. The van der Waals surface area contributed by atoms with Crippen molar-refractivity contribution in [2.45, 2.75) is 52.4 Å². The topological polar surface area (TPSA) is 60.4 Å². The van der Waals surface area contributed by atoms with Gasteiger partial charge in [0.25, 0.3) is 0 Å². The summed E-state index contributed by atoms with van der Waals surface area (Å²) in [5, 5.41) is 0. The van der Waals surface area contributed by atoms with Crippen LogP contribution >= 0.6 is 0 Å². The molecular weight excluding hydrogens is 332 g/mol. The van der Waals surface area contributed by atoms with Crippen molar-refractivity contribution in [2.75, 3.05) is 0 Å². The van der Waals surface area contributed by atoms with E-state index in [0.717, 1.165) is 18.9 Å². The van der Waals surface area contributed by atoms with E-state index in [2.05, 4.69) is 19.6 Å². The van der Waals surface area contributed by atoms with Crippen LogP contribution in [-0.4, -0.2) is 25.6 Å². The van der Waals surface area contributed by atoms with Crippen molar-refractivity contribution in [3.05, 3.63) is 46.7 Å². The molecule has 0 amide bonds. The molecule has 0 N–H and O–H groups in total. The van der Waals surface area contributed by atoms with E-state index >= 15 is 0 Å². The van der Waals surface area contributed by atoms with Crippen LogP contribution in [0.1, 0.15) is 47.4 Å². The molecule has 0 aliphatic heterocycles. The molecule has 0 saturated heterocycles. The van der Waals surface area contributed by atoms with Crippen molar-refractivity contribution in [3.63, 3.8) is 0 Å². The van der Waals surface area contributed by atoms with Gasteiger partial charge in [0.05, 0.1) is 0 Å². The van der Waals surface area contributed by atoms with E-state index in [1.165, 1.54) is 6.92 Å². The number of Topliss-reactive ketones (excluding diaryl/α,β-unsaturated/α-hetero) is 2. The number of ketones is 2. The predicted octanol–water partition coefficient (Wildman–Crippen LogP) is 4.64. The lowest BCUT2D eigenvalue weighted by molar-refractivity contribution is -0.136. The summed E-state index contributed by atoms with van der Waals surface area (Å²) in [5.74, 6) is -1.38. The minimum atomic E-state index is -1.16. The van der Waals surface area contributed by atoms with Crippen molar-refractivity contribution >= 4 is 25.6 Å². The molecule has 1 aromatic rings.